The van der Waals surface area contributed by atoms with Gasteiger partial charge >= 0.3 is 0 Å². The molecule has 0 saturated heterocycles. The van der Waals surface area contributed by atoms with Crippen molar-refractivity contribution >= 4 is 35.7 Å². The molecule has 0 unspecified atom stereocenters. The van der Waals surface area contributed by atoms with Gasteiger partial charge in [0.25, 0.3) is 9.05 Å². The molecule has 0 atom stereocenters. The summed E-state index contributed by atoms with van der Waals surface area (Å²) in [5.74, 6) is -1.31. The molecule has 0 aromatic heterocycles. The normalized spacial score (nSPS) is 11.4. The molecular weight excluding hydrogens is 390 g/mol. The fourth-order valence-electron chi connectivity index (χ4n) is 1.60. The summed E-state index contributed by atoms with van der Waals surface area (Å²) in [5, 5.41) is 0. The van der Waals surface area contributed by atoms with Crippen LogP contribution in [0.25, 0.3) is 0 Å². The van der Waals surface area contributed by atoms with E-state index in [1.54, 1.807) is 6.07 Å². The zero-order chi connectivity index (χ0) is 15.6. The van der Waals surface area contributed by atoms with Gasteiger partial charge in [-0.3, -0.25) is 0 Å². The Kier molecular flexibility index (Phi) is 4.85. The molecule has 2 rings (SSSR count). The highest BCUT2D eigenvalue weighted by molar-refractivity contribution is 9.10. The Bertz CT molecular complexity index is 781. The van der Waals surface area contributed by atoms with E-state index in [2.05, 4.69) is 15.9 Å². The van der Waals surface area contributed by atoms with Crippen molar-refractivity contribution in [3.8, 4) is 5.75 Å². The molecule has 112 valence electrons. The third-order valence-electron chi connectivity index (χ3n) is 2.56. The summed E-state index contributed by atoms with van der Waals surface area (Å²) in [6.45, 7) is -0.329. The van der Waals surface area contributed by atoms with Gasteiger partial charge in [0.2, 0.25) is 0 Å². The SMILES string of the molecule is O=S(=O)(Cl)c1cc(Br)ccc1OCc1cc(F)ccc1F. The third kappa shape index (κ3) is 4.15. The van der Waals surface area contributed by atoms with Crippen LogP contribution in [0.4, 0.5) is 8.78 Å². The summed E-state index contributed by atoms with van der Waals surface area (Å²) in [6, 6.07) is 7.10. The van der Waals surface area contributed by atoms with Crippen LogP contribution in [0.15, 0.2) is 45.8 Å². The molecule has 0 aliphatic heterocycles. The summed E-state index contributed by atoms with van der Waals surface area (Å²) in [4.78, 5) is -0.254. The van der Waals surface area contributed by atoms with Gasteiger partial charge < -0.3 is 4.74 Å². The van der Waals surface area contributed by atoms with Gasteiger partial charge in [0.15, 0.2) is 0 Å². The molecule has 3 nitrogen and oxygen atoms in total. The maximum absolute atomic E-state index is 13.5. The van der Waals surface area contributed by atoms with Crippen LogP contribution in [-0.2, 0) is 15.7 Å². The molecule has 0 aliphatic carbocycles. The summed E-state index contributed by atoms with van der Waals surface area (Å²) in [5.41, 5.74) is -0.0316. The first kappa shape index (κ1) is 16.2. The van der Waals surface area contributed by atoms with Gasteiger partial charge in [-0.25, -0.2) is 17.2 Å². The minimum atomic E-state index is -4.03. The van der Waals surface area contributed by atoms with Crippen molar-refractivity contribution in [2.75, 3.05) is 0 Å². The molecule has 0 bridgehead atoms. The van der Waals surface area contributed by atoms with Gasteiger partial charge in [-0.2, -0.15) is 0 Å². The molecule has 0 aliphatic rings. The molecule has 0 spiro atoms. The highest BCUT2D eigenvalue weighted by Crippen LogP contribution is 2.30. The van der Waals surface area contributed by atoms with Gasteiger partial charge in [-0.05, 0) is 36.4 Å². The second-order valence-electron chi connectivity index (χ2n) is 4.05. The van der Waals surface area contributed by atoms with Gasteiger partial charge in [0.05, 0.1) is 0 Å². The van der Waals surface area contributed by atoms with E-state index in [1.165, 1.54) is 12.1 Å². The topological polar surface area (TPSA) is 43.4 Å². The van der Waals surface area contributed by atoms with Crippen molar-refractivity contribution in [3.63, 3.8) is 0 Å². The lowest BCUT2D eigenvalue weighted by Crippen LogP contribution is -2.03. The highest BCUT2D eigenvalue weighted by Gasteiger charge is 2.18. The second kappa shape index (κ2) is 6.29. The van der Waals surface area contributed by atoms with Gasteiger partial charge in [0, 0.05) is 20.7 Å². The van der Waals surface area contributed by atoms with Crippen molar-refractivity contribution in [1.82, 2.24) is 0 Å². The molecule has 2 aromatic rings. The van der Waals surface area contributed by atoms with Crippen molar-refractivity contribution in [3.05, 3.63) is 58.1 Å². The van der Waals surface area contributed by atoms with Crippen LogP contribution in [-0.4, -0.2) is 8.42 Å². The quantitative estimate of drug-likeness (QED) is 0.725. The van der Waals surface area contributed by atoms with E-state index >= 15 is 0 Å². The number of hydrogen-bond acceptors (Lipinski definition) is 3. The Morgan fingerprint density at radius 1 is 1.14 bits per heavy atom. The average Bonchev–Trinajstić information content (AvgIpc) is 2.40. The summed E-state index contributed by atoms with van der Waals surface area (Å²) in [7, 11) is 1.28. The second-order valence-corrected chi connectivity index (χ2v) is 7.50. The van der Waals surface area contributed by atoms with E-state index < -0.39 is 20.7 Å². The lowest BCUT2D eigenvalue weighted by atomic mass is 10.2. The van der Waals surface area contributed by atoms with Crippen LogP contribution in [0.3, 0.4) is 0 Å². The predicted molar refractivity (Wildman–Crippen MR) is 77.9 cm³/mol. The van der Waals surface area contributed by atoms with Crippen LogP contribution in [0, 0.1) is 11.6 Å². The Balaban J connectivity index is 2.30. The molecule has 8 heteroatoms. The minimum absolute atomic E-state index is 0.0316. The Labute approximate surface area is 133 Å². The van der Waals surface area contributed by atoms with Crippen molar-refractivity contribution < 1.29 is 21.9 Å². The minimum Gasteiger partial charge on any atom is -0.487 e. The highest BCUT2D eigenvalue weighted by atomic mass is 79.9. The standard InChI is InChI=1S/C13H8BrClF2O3S/c14-9-1-4-12(13(6-9)21(15,18)19)20-7-8-5-10(16)2-3-11(8)17/h1-6H,7H2. The zero-order valence-electron chi connectivity index (χ0n) is 10.3. The third-order valence-corrected chi connectivity index (χ3v) is 4.40. The van der Waals surface area contributed by atoms with E-state index in [0.29, 0.717) is 4.47 Å². The Hall–Kier alpha value is -1.18. The molecule has 0 saturated carbocycles. The smallest absolute Gasteiger partial charge is 0.265 e. The van der Waals surface area contributed by atoms with Gasteiger partial charge in [-0.15, -0.1) is 0 Å². The van der Waals surface area contributed by atoms with Crippen molar-refractivity contribution in [2.45, 2.75) is 11.5 Å². The average molecular weight is 398 g/mol. The number of benzene rings is 2. The maximum atomic E-state index is 13.5. The van der Waals surface area contributed by atoms with Crippen LogP contribution in [0.5, 0.6) is 5.75 Å². The zero-order valence-corrected chi connectivity index (χ0v) is 13.5. The lowest BCUT2D eigenvalue weighted by molar-refractivity contribution is 0.291. The van der Waals surface area contributed by atoms with Gasteiger partial charge in [-0.1, -0.05) is 15.9 Å². The number of hydrogen-bond donors (Lipinski definition) is 0. The van der Waals surface area contributed by atoms with E-state index in [1.807, 2.05) is 0 Å². The van der Waals surface area contributed by atoms with Crippen LogP contribution in [0.1, 0.15) is 5.56 Å². The molecule has 0 amide bonds. The number of halogens is 4. The van der Waals surface area contributed by atoms with Gasteiger partial charge in [0.1, 0.15) is 28.9 Å². The monoisotopic (exact) mass is 396 g/mol. The molecule has 0 radical (unpaired) electrons. The first-order chi connectivity index (χ1) is 9.77. The van der Waals surface area contributed by atoms with E-state index in [0.717, 1.165) is 18.2 Å². The first-order valence-electron chi connectivity index (χ1n) is 5.58. The van der Waals surface area contributed by atoms with Crippen LogP contribution >= 0.6 is 26.6 Å². The fourth-order valence-corrected chi connectivity index (χ4v) is 3.11. The molecule has 0 heterocycles. The predicted octanol–water partition coefficient (Wildman–Crippen LogP) is 4.23. The fraction of sp³-hybridized carbons (Fsp3) is 0.0769. The van der Waals surface area contributed by atoms with E-state index in [9.17, 15) is 17.2 Å². The van der Waals surface area contributed by atoms with Crippen molar-refractivity contribution in [2.24, 2.45) is 0 Å². The number of rotatable bonds is 4. The summed E-state index contributed by atoms with van der Waals surface area (Å²) in [6.07, 6.45) is 0. The van der Waals surface area contributed by atoms with Crippen molar-refractivity contribution in [1.29, 1.82) is 0 Å². The largest absolute Gasteiger partial charge is 0.487 e. The lowest BCUT2D eigenvalue weighted by Gasteiger charge is -2.10. The van der Waals surface area contributed by atoms with Crippen LogP contribution < -0.4 is 4.74 Å². The Morgan fingerprint density at radius 2 is 1.86 bits per heavy atom. The first-order valence-corrected chi connectivity index (χ1v) is 8.68. The molecule has 0 N–H and O–H groups in total. The van der Waals surface area contributed by atoms with E-state index in [4.69, 9.17) is 15.4 Å². The maximum Gasteiger partial charge on any atom is 0.265 e. The number of ether oxygens (including phenoxy) is 1. The summed E-state index contributed by atoms with van der Waals surface area (Å²) < 4.78 is 55.2. The van der Waals surface area contributed by atoms with E-state index in [-0.39, 0.29) is 22.8 Å². The summed E-state index contributed by atoms with van der Waals surface area (Å²) >= 11 is 3.12. The molecule has 21 heavy (non-hydrogen) atoms. The van der Waals surface area contributed by atoms with Crippen LogP contribution in [0.2, 0.25) is 0 Å². The molecular formula is C13H8BrClF2O3S. The Morgan fingerprint density at radius 3 is 2.52 bits per heavy atom. The molecule has 0 fully saturated rings. The molecule has 2 aromatic carbocycles.